The van der Waals surface area contributed by atoms with Gasteiger partial charge in [0.15, 0.2) is 0 Å². The van der Waals surface area contributed by atoms with Crippen LogP contribution in [-0.2, 0) is 6.54 Å². The Bertz CT molecular complexity index is 841. The standard InChI is InChI=1S/C20H23F3N4/c1-20(2,23)12-26-11-13-7-14(9-15(21)8-13)18(10-19(24)25)27-17-6-4-3-5-16(17)22/h3-10,26-27H,11-12H2,1-2H3,(H3,24,25)/p+1/b18-10-. The fourth-order valence-corrected chi connectivity index (χ4v) is 2.48. The lowest BCUT2D eigenvalue weighted by atomic mass is 10.1. The molecule has 0 bridgehead atoms. The van der Waals surface area contributed by atoms with Crippen molar-refractivity contribution in [2.75, 3.05) is 11.9 Å². The van der Waals surface area contributed by atoms with E-state index >= 15 is 0 Å². The number of para-hydroxylation sites is 1. The molecule has 6 N–H and O–H groups in total. The third-order valence-electron chi connectivity index (χ3n) is 3.60. The average Bonchev–Trinajstić information content (AvgIpc) is 2.54. The summed E-state index contributed by atoms with van der Waals surface area (Å²) in [7, 11) is 0. The first-order valence-electron chi connectivity index (χ1n) is 8.45. The lowest BCUT2D eigenvalue weighted by molar-refractivity contribution is -0.113. The highest BCUT2D eigenvalue weighted by Crippen LogP contribution is 2.23. The molecule has 0 unspecified atom stereocenters. The zero-order valence-corrected chi connectivity index (χ0v) is 15.3. The van der Waals surface area contributed by atoms with Gasteiger partial charge in [0.1, 0.15) is 17.3 Å². The Morgan fingerprint density at radius 2 is 1.89 bits per heavy atom. The number of nitrogens with two attached hydrogens (primary N) is 2. The summed E-state index contributed by atoms with van der Waals surface area (Å²) in [6, 6.07) is 10.4. The molecule has 2 rings (SSSR count). The smallest absolute Gasteiger partial charge is 0.265 e. The number of amidine groups is 1. The largest absolute Gasteiger partial charge is 0.352 e. The molecular formula is C20H24F3N4+. The molecule has 0 radical (unpaired) electrons. The quantitative estimate of drug-likeness (QED) is 0.421. The van der Waals surface area contributed by atoms with Gasteiger partial charge in [0.2, 0.25) is 0 Å². The molecule has 0 aliphatic heterocycles. The summed E-state index contributed by atoms with van der Waals surface area (Å²) >= 11 is 0. The molecule has 0 aliphatic carbocycles. The highest BCUT2D eigenvalue weighted by molar-refractivity contribution is 5.96. The molecule has 27 heavy (non-hydrogen) atoms. The summed E-state index contributed by atoms with van der Waals surface area (Å²) in [5.74, 6) is -0.972. The second kappa shape index (κ2) is 8.73. The Balaban J connectivity index is 2.30. The highest BCUT2D eigenvalue weighted by atomic mass is 19.1. The van der Waals surface area contributed by atoms with Crippen molar-refractivity contribution in [3.05, 3.63) is 71.3 Å². The van der Waals surface area contributed by atoms with Crippen molar-refractivity contribution in [3.8, 4) is 0 Å². The van der Waals surface area contributed by atoms with Gasteiger partial charge in [-0.15, -0.1) is 0 Å². The van der Waals surface area contributed by atoms with E-state index in [4.69, 9.17) is 11.1 Å². The lowest BCUT2D eigenvalue weighted by Gasteiger charge is -2.16. The normalized spacial score (nSPS) is 12.1. The molecule has 0 aromatic heterocycles. The predicted molar refractivity (Wildman–Crippen MR) is 102 cm³/mol. The molecule has 0 aliphatic rings. The van der Waals surface area contributed by atoms with Crippen molar-refractivity contribution in [1.29, 1.82) is 0 Å². The zero-order valence-electron chi connectivity index (χ0n) is 15.3. The van der Waals surface area contributed by atoms with Crippen LogP contribution in [0.3, 0.4) is 0 Å². The van der Waals surface area contributed by atoms with Crippen LogP contribution in [-0.4, -0.2) is 18.0 Å². The Morgan fingerprint density at radius 3 is 2.52 bits per heavy atom. The minimum absolute atomic E-state index is 0.0167. The minimum atomic E-state index is -1.38. The summed E-state index contributed by atoms with van der Waals surface area (Å²) < 4.78 is 41.6. The maximum absolute atomic E-state index is 14.1. The van der Waals surface area contributed by atoms with E-state index < -0.39 is 17.3 Å². The fraction of sp³-hybridized carbons (Fsp3) is 0.250. The zero-order chi connectivity index (χ0) is 20.0. The van der Waals surface area contributed by atoms with Crippen molar-refractivity contribution in [3.63, 3.8) is 0 Å². The number of hydrogen-bond donors (Lipinski definition) is 4. The Labute approximate surface area is 156 Å². The maximum atomic E-state index is 14.1. The van der Waals surface area contributed by atoms with Gasteiger partial charge in [0.25, 0.3) is 5.84 Å². The molecule has 0 heterocycles. The summed E-state index contributed by atoms with van der Waals surface area (Å²) in [6.07, 6.45) is 1.39. The van der Waals surface area contributed by atoms with Crippen LogP contribution >= 0.6 is 0 Å². The van der Waals surface area contributed by atoms with Gasteiger partial charge in [0, 0.05) is 18.7 Å². The Hall–Kier alpha value is -2.80. The van der Waals surface area contributed by atoms with E-state index in [0.29, 0.717) is 16.8 Å². The summed E-state index contributed by atoms with van der Waals surface area (Å²) in [4.78, 5) is 0. The van der Waals surface area contributed by atoms with Crippen molar-refractivity contribution in [2.24, 2.45) is 5.73 Å². The molecular weight excluding hydrogens is 353 g/mol. The number of hydrogen-bond acceptors (Lipinski definition) is 2. The first-order valence-corrected chi connectivity index (χ1v) is 8.45. The number of benzene rings is 2. The number of rotatable bonds is 8. The summed E-state index contributed by atoms with van der Waals surface area (Å²) in [5, 5.41) is 11.4. The summed E-state index contributed by atoms with van der Waals surface area (Å²) in [6.45, 7) is 3.30. The summed E-state index contributed by atoms with van der Waals surface area (Å²) in [5.41, 5.74) is 5.76. The number of anilines is 1. The second-order valence-electron chi connectivity index (χ2n) is 6.83. The topological polar surface area (TPSA) is 75.7 Å². The van der Waals surface area contributed by atoms with Gasteiger partial charge in [-0.3, -0.25) is 11.1 Å². The molecule has 7 heteroatoms. The average molecular weight is 377 g/mol. The molecule has 0 spiro atoms. The molecule has 2 aromatic rings. The first-order chi connectivity index (χ1) is 12.6. The molecule has 0 saturated heterocycles. The highest BCUT2D eigenvalue weighted by Gasteiger charge is 2.15. The van der Waals surface area contributed by atoms with Gasteiger partial charge in [-0.05, 0) is 49.7 Å². The fourth-order valence-electron chi connectivity index (χ4n) is 2.48. The van der Waals surface area contributed by atoms with Crippen LogP contribution in [0.2, 0.25) is 0 Å². The first kappa shape index (κ1) is 20.5. The molecule has 2 aromatic carbocycles. The van der Waals surface area contributed by atoms with E-state index in [9.17, 15) is 13.2 Å². The van der Waals surface area contributed by atoms with Crippen LogP contribution in [0.5, 0.6) is 0 Å². The molecule has 0 atom stereocenters. The Morgan fingerprint density at radius 1 is 1.19 bits per heavy atom. The maximum Gasteiger partial charge on any atom is 0.265 e. The van der Waals surface area contributed by atoms with Crippen LogP contribution in [0, 0.1) is 11.6 Å². The van der Waals surface area contributed by atoms with Gasteiger partial charge in [-0.25, -0.2) is 13.2 Å². The Kier molecular flexibility index (Phi) is 6.63. The van der Waals surface area contributed by atoms with Crippen LogP contribution in [0.1, 0.15) is 25.0 Å². The second-order valence-corrected chi connectivity index (χ2v) is 6.83. The number of halogens is 3. The van der Waals surface area contributed by atoms with Crippen LogP contribution in [0.4, 0.5) is 18.9 Å². The lowest BCUT2D eigenvalue weighted by Crippen LogP contribution is -2.44. The molecule has 0 saturated carbocycles. The van der Waals surface area contributed by atoms with Gasteiger partial charge in [-0.1, -0.05) is 12.1 Å². The SMILES string of the molecule is CC(C)(F)CNCc1cc(F)cc(/C(=C/C(N)=[NH2+])Nc2ccccc2F)c1. The van der Waals surface area contributed by atoms with E-state index in [2.05, 4.69) is 10.6 Å². The van der Waals surface area contributed by atoms with Crippen molar-refractivity contribution < 1.29 is 18.6 Å². The van der Waals surface area contributed by atoms with E-state index in [-0.39, 0.29) is 24.6 Å². The van der Waals surface area contributed by atoms with Crippen molar-refractivity contribution in [1.82, 2.24) is 5.32 Å². The van der Waals surface area contributed by atoms with Crippen molar-refractivity contribution in [2.45, 2.75) is 26.1 Å². The molecule has 0 amide bonds. The third-order valence-corrected chi connectivity index (χ3v) is 3.60. The van der Waals surface area contributed by atoms with E-state index in [1.165, 1.54) is 38.1 Å². The monoisotopic (exact) mass is 377 g/mol. The van der Waals surface area contributed by atoms with Gasteiger partial charge < -0.3 is 10.6 Å². The predicted octanol–water partition coefficient (Wildman–Crippen LogP) is 2.37. The van der Waals surface area contributed by atoms with E-state index in [1.807, 2.05) is 0 Å². The number of alkyl halides is 1. The van der Waals surface area contributed by atoms with E-state index in [1.54, 1.807) is 24.3 Å². The van der Waals surface area contributed by atoms with Crippen molar-refractivity contribution >= 4 is 17.2 Å². The molecule has 144 valence electrons. The van der Waals surface area contributed by atoms with Gasteiger partial charge in [-0.2, -0.15) is 0 Å². The number of nitrogens with one attached hydrogen (secondary N) is 2. The van der Waals surface area contributed by atoms with Gasteiger partial charge in [0.05, 0.1) is 17.5 Å². The van der Waals surface area contributed by atoms with Crippen LogP contribution in [0.25, 0.3) is 5.70 Å². The minimum Gasteiger partial charge on any atom is -0.352 e. The van der Waals surface area contributed by atoms with Crippen LogP contribution < -0.4 is 21.8 Å². The van der Waals surface area contributed by atoms with Crippen LogP contribution in [0.15, 0.2) is 48.5 Å². The molecule has 4 nitrogen and oxygen atoms in total. The third kappa shape index (κ3) is 6.79. The van der Waals surface area contributed by atoms with Gasteiger partial charge >= 0.3 is 0 Å². The molecule has 0 fully saturated rings. The van der Waals surface area contributed by atoms with E-state index in [0.717, 1.165) is 0 Å².